The van der Waals surface area contributed by atoms with Crippen LogP contribution in [0.4, 0.5) is 0 Å². The summed E-state index contributed by atoms with van der Waals surface area (Å²) < 4.78 is 0. The standard InChI is InChI=1S/C9H9O2.2Li.H2O/c1-6-3-4-7(2)8(5-6)9(10)11;;;/h4-5H,1-2H3,(H,10,11);;;1H2/q-1;2*+1;/p-2. The second-order valence-electron chi connectivity index (χ2n) is 2.50. The maximum absolute atomic E-state index is 10.4. The number of hydrogen-bond acceptors (Lipinski definition) is 3. The molecule has 0 heterocycles. The molecule has 14 heavy (non-hydrogen) atoms. The Hall–Kier alpha value is -0.155. The third-order valence-electron chi connectivity index (χ3n) is 1.52. The second kappa shape index (κ2) is 8.18. The van der Waals surface area contributed by atoms with Gasteiger partial charge in [0.15, 0.2) is 0 Å². The average molecular weight is 179 g/mol. The minimum absolute atomic E-state index is 0. The Kier molecular flexibility index (Phi) is 11.3. The minimum atomic E-state index is -1.13. The third-order valence-corrected chi connectivity index (χ3v) is 1.52. The molecule has 0 radical (unpaired) electrons. The van der Waals surface area contributed by atoms with E-state index in [1.54, 1.807) is 26.0 Å². The van der Waals surface area contributed by atoms with Crippen LogP contribution in [0.3, 0.4) is 0 Å². The van der Waals surface area contributed by atoms with E-state index in [4.69, 9.17) is 0 Å². The predicted octanol–water partition coefficient (Wildman–Crippen LogP) is -5.70. The number of carbonyl (C=O) groups is 1. The Morgan fingerprint density at radius 3 is 2.21 bits per heavy atom. The molecule has 0 aliphatic heterocycles. The molecular weight excluding hydrogens is 170 g/mol. The van der Waals surface area contributed by atoms with Gasteiger partial charge in [0.1, 0.15) is 0 Å². The van der Waals surface area contributed by atoms with E-state index >= 15 is 0 Å². The molecule has 0 saturated heterocycles. The zero-order valence-corrected chi connectivity index (χ0v) is 8.92. The van der Waals surface area contributed by atoms with E-state index in [0.29, 0.717) is 5.56 Å². The van der Waals surface area contributed by atoms with E-state index in [-0.39, 0.29) is 48.8 Å². The maximum Gasteiger partial charge on any atom is 1.00 e. The van der Waals surface area contributed by atoms with Crippen molar-refractivity contribution in [2.24, 2.45) is 0 Å². The van der Waals surface area contributed by atoms with Gasteiger partial charge in [-0.05, 0) is 0 Å². The van der Waals surface area contributed by atoms with Crippen molar-refractivity contribution in [3.63, 3.8) is 0 Å². The Labute approximate surface area is 108 Å². The number of carboxylic acids is 1. The van der Waals surface area contributed by atoms with Crippen molar-refractivity contribution in [2.75, 3.05) is 0 Å². The topological polar surface area (TPSA) is 70.1 Å². The van der Waals surface area contributed by atoms with Gasteiger partial charge in [0.05, 0.1) is 0 Å². The van der Waals surface area contributed by atoms with E-state index < -0.39 is 5.97 Å². The molecule has 66 valence electrons. The fourth-order valence-corrected chi connectivity index (χ4v) is 0.892. The van der Waals surface area contributed by atoms with Crippen LogP contribution in [0, 0.1) is 19.9 Å². The number of aryl methyl sites for hydroxylation is 2. The molecule has 0 spiro atoms. The first-order valence-corrected chi connectivity index (χ1v) is 3.31. The summed E-state index contributed by atoms with van der Waals surface area (Å²) in [5, 5.41) is 10.4. The van der Waals surface area contributed by atoms with E-state index in [0.717, 1.165) is 5.56 Å². The summed E-state index contributed by atoms with van der Waals surface area (Å²) in [5.41, 5.74) is 1.76. The van der Waals surface area contributed by atoms with Crippen LogP contribution in [-0.4, -0.2) is 11.4 Å². The number of benzene rings is 1. The van der Waals surface area contributed by atoms with Crippen LogP contribution in [0.5, 0.6) is 0 Å². The summed E-state index contributed by atoms with van der Waals surface area (Å²) in [6.07, 6.45) is 0. The second-order valence-corrected chi connectivity index (χ2v) is 2.50. The molecule has 0 aromatic heterocycles. The van der Waals surface area contributed by atoms with Crippen molar-refractivity contribution in [3.05, 3.63) is 34.9 Å². The number of carbonyl (C=O) groups excluding carboxylic acids is 1. The average Bonchev–Trinajstić information content (AvgIpc) is 1.94. The first-order valence-electron chi connectivity index (χ1n) is 3.31. The van der Waals surface area contributed by atoms with Crippen molar-refractivity contribution in [2.45, 2.75) is 13.8 Å². The number of aromatic carboxylic acids is 1. The fourth-order valence-electron chi connectivity index (χ4n) is 0.892. The third kappa shape index (κ3) is 4.91. The SMILES string of the molecule is Cc1[c-]cc(C)c(C(=O)[O-])c1.[Li+].[Li+].[OH-]. The molecule has 0 bridgehead atoms. The predicted molar refractivity (Wildman–Crippen MR) is 41.0 cm³/mol. The summed E-state index contributed by atoms with van der Waals surface area (Å²) >= 11 is 0. The van der Waals surface area contributed by atoms with Crippen LogP contribution in [0.1, 0.15) is 21.5 Å². The smallest absolute Gasteiger partial charge is 0.870 e. The number of carboxylic acid groups (broad SMARTS) is 1. The molecule has 0 aliphatic rings. The maximum atomic E-state index is 10.4. The van der Waals surface area contributed by atoms with Crippen molar-refractivity contribution < 1.29 is 53.1 Å². The zero-order chi connectivity index (χ0) is 8.43. The van der Waals surface area contributed by atoms with Crippen LogP contribution in [0.2, 0.25) is 0 Å². The summed E-state index contributed by atoms with van der Waals surface area (Å²) in [5.74, 6) is -1.13. The molecule has 1 aromatic carbocycles. The molecule has 0 saturated carbocycles. The molecule has 1 N–H and O–H groups in total. The Morgan fingerprint density at radius 2 is 1.86 bits per heavy atom. The van der Waals surface area contributed by atoms with Gasteiger partial charge in [0.25, 0.3) is 0 Å². The molecule has 1 rings (SSSR count). The fraction of sp³-hybridized carbons (Fsp3) is 0.222. The van der Waals surface area contributed by atoms with Gasteiger partial charge in [-0.15, -0.1) is 5.56 Å². The quantitative estimate of drug-likeness (QED) is 0.318. The molecule has 0 unspecified atom stereocenters. The summed E-state index contributed by atoms with van der Waals surface area (Å²) in [4.78, 5) is 10.4. The van der Waals surface area contributed by atoms with Gasteiger partial charge in [-0.2, -0.15) is 29.3 Å². The Balaban J connectivity index is -0.000000403. The zero-order valence-electron chi connectivity index (χ0n) is 8.92. The molecule has 0 amide bonds. The Morgan fingerprint density at radius 1 is 1.36 bits per heavy atom. The molecule has 0 aliphatic carbocycles. The van der Waals surface area contributed by atoms with E-state index in [1.807, 2.05) is 0 Å². The number of hydrogen-bond donors (Lipinski definition) is 0. The van der Waals surface area contributed by atoms with Gasteiger partial charge in [0.2, 0.25) is 0 Å². The first kappa shape index (κ1) is 19.4. The molecule has 0 atom stereocenters. The first-order chi connectivity index (χ1) is 5.11. The van der Waals surface area contributed by atoms with Crippen molar-refractivity contribution in [1.29, 1.82) is 0 Å². The van der Waals surface area contributed by atoms with Gasteiger partial charge in [-0.25, -0.2) is 0 Å². The van der Waals surface area contributed by atoms with Gasteiger partial charge < -0.3 is 15.4 Å². The minimum Gasteiger partial charge on any atom is -0.870 e. The summed E-state index contributed by atoms with van der Waals surface area (Å²) in [6.45, 7) is 3.52. The normalized spacial score (nSPS) is 7.57. The van der Waals surface area contributed by atoms with Gasteiger partial charge >= 0.3 is 37.7 Å². The molecule has 1 aromatic rings. The van der Waals surface area contributed by atoms with Crippen LogP contribution in [0.25, 0.3) is 0 Å². The molecule has 0 fully saturated rings. The molecular formula is C9H9Li2O3-. The van der Waals surface area contributed by atoms with Crippen molar-refractivity contribution in [1.82, 2.24) is 0 Å². The van der Waals surface area contributed by atoms with Gasteiger partial charge in [-0.3, -0.25) is 0 Å². The van der Waals surface area contributed by atoms with Gasteiger partial charge in [0, 0.05) is 5.97 Å². The van der Waals surface area contributed by atoms with Crippen LogP contribution >= 0.6 is 0 Å². The monoisotopic (exact) mass is 179 g/mol. The van der Waals surface area contributed by atoms with E-state index in [9.17, 15) is 9.90 Å². The van der Waals surface area contributed by atoms with E-state index in [1.165, 1.54) is 0 Å². The van der Waals surface area contributed by atoms with Crippen molar-refractivity contribution in [3.8, 4) is 0 Å². The van der Waals surface area contributed by atoms with Crippen LogP contribution in [-0.2, 0) is 0 Å². The summed E-state index contributed by atoms with van der Waals surface area (Å²) in [6, 6.07) is 6.12. The molecule has 3 nitrogen and oxygen atoms in total. The molecule has 5 heteroatoms. The number of rotatable bonds is 1. The summed E-state index contributed by atoms with van der Waals surface area (Å²) in [7, 11) is 0. The largest absolute Gasteiger partial charge is 1.00 e. The van der Waals surface area contributed by atoms with E-state index in [2.05, 4.69) is 6.07 Å². The van der Waals surface area contributed by atoms with Crippen LogP contribution in [0.15, 0.2) is 12.1 Å². The van der Waals surface area contributed by atoms with Crippen molar-refractivity contribution >= 4 is 5.97 Å². The Bertz CT molecular complexity index is 300. The van der Waals surface area contributed by atoms with Crippen LogP contribution < -0.4 is 42.8 Å². The van der Waals surface area contributed by atoms with Gasteiger partial charge in [-0.1, -0.05) is 13.8 Å².